The molecule has 0 saturated carbocycles. The fraction of sp³-hybridized carbons (Fsp3) is 0.333. The van der Waals surface area contributed by atoms with E-state index in [4.69, 9.17) is 9.47 Å². The monoisotopic (exact) mass is 480 g/mol. The number of hydrogen-bond donors (Lipinski definition) is 1. The number of fused-ring (bicyclic) bond motifs is 3. The van der Waals surface area contributed by atoms with Crippen LogP contribution in [0.4, 0.5) is 5.69 Å². The van der Waals surface area contributed by atoms with Crippen molar-refractivity contribution in [2.75, 3.05) is 24.1 Å². The third-order valence-corrected chi connectivity index (χ3v) is 7.90. The number of ether oxygens (including phenoxy) is 2. The first-order valence-electron chi connectivity index (χ1n) is 11.6. The Hall–Kier alpha value is -2.87. The van der Waals surface area contributed by atoms with Crippen LogP contribution in [-0.4, -0.2) is 39.5 Å². The Morgan fingerprint density at radius 2 is 1.59 bits per heavy atom. The Morgan fingerprint density at radius 3 is 2.24 bits per heavy atom. The highest BCUT2D eigenvalue weighted by Gasteiger charge is 2.30. The minimum absolute atomic E-state index is 0.0477. The number of sulfonamides is 1. The minimum atomic E-state index is -3.88. The van der Waals surface area contributed by atoms with Crippen molar-refractivity contribution in [3.8, 4) is 0 Å². The van der Waals surface area contributed by atoms with Crippen molar-refractivity contribution in [2.24, 2.45) is 0 Å². The standard InChI is InChI=1S/C27H32N2O4S/c1-6-32-25(33-7-2)17-29(34(30,31)21-14-12-18(3)13-15-21)24-16-19(4)27-26(20(24)5)22-10-8-9-11-23(22)28-27/h8-16,25,28H,6-7,17H2,1-5H3. The van der Waals surface area contributed by atoms with Gasteiger partial charge in [-0.1, -0.05) is 35.9 Å². The van der Waals surface area contributed by atoms with Crippen LogP contribution >= 0.6 is 0 Å². The summed E-state index contributed by atoms with van der Waals surface area (Å²) in [6, 6.07) is 17.0. The number of nitrogens with one attached hydrogen (secondary N) is 1. The molecular formula is C27H32N2O4S. The lowest BCUT2D eigenvalue weighted by Crippen LogP contribution is -2.40. The van der Waals surface area contributed by atoms with Crippen molar-refractivity contribution in [3.05, 3.63) is 71.3 Å². The van der Waals surface area contributed by atoms with Crippen LogP contribution in [-0.2, 0) is 19.5 Å². The highest BCUT2D eigenvalue weighted by Crippen LogP contribution is 2.38. The quantitative estimate of drug-likeness (QED) is 0.306. The number of rotatable bonds is 9. The van der Waals surface area contributed by atoms with Crippen molar-refractivity contribution in [1.29, 1.82) is 0 Å². The molecule has 0 amide bonds. The van der Waals surface area contributed by atoms with Crippen molar-refractivity contribution in [1.82, 2.24) is 4.98 Å². The van der Waals surface area contributed by atoms with E-state index in [1.54, 1.807) is 12.1 Å². The summed E-state index contributed by atoms with van der Waals surface area (Å²) < 4.78 is 41.0. The largest absolute Gasteiger partial charge is 0.354 e. The van der Waals surface area contributed by atoms with Gasteiger partial charge in [-0.05, 0) is 70.0 Å². The summed E-state index contributed by atoms with van der Waals surface area (Å²) >= 11 is 0. The first kappa shape index (κ1) is 24.3. The molecule has 3 aromatic carbocycles. The maximum Gasteiger partial charge on any atom is 0.264 e. The average molecular weight is 481 g/mol. The molecule has 0 bridgehead atoms. The molecule has 0 unspecified atom stereocenters. The number of benzene rings is 3. The molecule has 7 heteroatoms. The van der Waals surface area contributed by atoms with E-state index >= 15 is 0 Å². The number of aromatic amines is 1. The smallest absolute Gasteiger partial charge is 0.264 e. The molecule has 0 radical (unpaired) electrons. The molecule has 1 heterocycles. The summed E-state index contributed by atoms with van der Waals surface area (Å²) in [5, 5.41) is 2.10. The Bertz CT molecular complexity index is 1400. The molecule has 0 atom stereocenters. The third kappa shape index (κ3) is 4.43. The van der Waals surface area contributed by atoms with Gasteiger partial charge in [-0.2, -0.15) is 0 Å². The third-order valence-electron chi connectivity index (χ3n) is 6.11. The molecule has 4 rings (SSSR count). The van der Waals surface area contributed by atoms with Crippen molar-refractivity contribution < 1.29 is 17.9 Å². The molecule has 0 fully saturated rings. The maximum absolute atomic E-state index is 14.0. The predicted molar refractivity (Wildman–Crippen MR) is 138 cm³/mol. The van der Waals surface area contributed by atoms with Gasteiger partial charge in [0, 0.05) is 35.0 Å². The molecular weight excluding hydrogens is 448 g/mol. The Labute approximate surface area is 201 Å². The zero-order chi connectivity index (χ0) is 24.5. The second-order valence-corrected chi connectivity index (χ2v) is 10.3. The van der Waals surface area contributed by atoms with Crippen molar-refractivity contribution in [2.45, 2.75) is 45.8 Å². The molecule has 0 spiro atoms. The Morgan fingerprint density at radius 1 is 0.941 bits per heavy atom. The maximum atomic E-state index is 14.0. The summed E-state index contributed by atoms with van der Waals surface area (Å²) in [5.41, 5.74) is 5.52. The molecule has 4 aromatic rings. The number of aromatic nitrogens is 1. The van der Waals surface area contributed by atoms with Crippen LogP contribution in [0.2, 0.25) is 0 Å². The van der Waals surface area contributed by atoms with Gasteiger partial charge in [0.2, 0.25) is 0 Å². The number of anilines is 1. The van der Waals surface area contributed by atoms with Gasteiger partial charge in [0.25, 0.3) is 10.0 Å². The zero-order valence-electron chi connectivity index (χ0n) is 20.4. The van der Waals surface area contributed by atoms with Crippen LogP contribution in [0.1, 0.15) is 30.5 Å². The van der Waals surface area contributed by atoms with Gasteiger partial charge in [-0.15, -0.1) is 0 Å². The second kappa shape index (κ2) is 9.78. The average Bonchev–Trinajstić information content (AvgIpc) is 3.21. The molecule has 6 nitrogen and oxygen atoms in total. The van der Waals surface area contributed by atoms with Crippen LogP contribution in [0, 0.1) is 20.8 Å². The highest BCUT2D eigenvalue weighted by molar-refractivity contribution is 7.92. The summed E-state index contributed by atoms with van der Waals surface area (Å²) in [5.74, 6) is 0. The number of para-hydroxylation sites is 1. The summed E-state index contributed by atoms with van der Waals surface area (Å²) in [6.07, 6.45) is -0.686. The van der Waals surface area contributed by atoms with E-state index in [-0.39, 0.29) is 11.4 Å². The Kier molecular flexibility index (Phi) is 6.98. The summed E-state index contributed by atoms with van der Waals surface area (Å²) in [6.45, 7) is 10.5. The summed E-state index contributed by atoms with van der Waals surface area (Å²) in [4.78, 5) is 3.73. The first-order chi connectivity index (χ1) is 16.3. The van der Waals surface area contributed by atoms with Crippen LogP contribution in [0.3, 0.4) is 0 Å². The van der Waals surface area contributed by atoms with Gasteiger partial charge in [-0.25, -0.2) is 8.42 Å². The number of nitrogens with zero attached hydrogens (tertiary/aromatic N) is 1. The van der Waals surface area contributed by atoms with Crippen molar-refractivity contribution >= 4 is 37.5 Å². The van der Waals surface area contributed by atoms with E-state index in [9.17, 15) is 8.42 Å². The summed E-state index contributed by atoms with van der Waals surface area (Å²) in [7, 11) is -3.88. The van der Waals surface area contributed by atoms with Gasteiger partial charge >= 0.3 is 0 Å². The fourth-order valence-corrected chi connectivity index (χ4v) is 5.93. The van der Waals surface area contributed by atoms with E-state index in [1.807, 2.05) is 71.0 Å². The lowest BCUT2D eigenvalue weighted by Gasteiger charge is -2.30. The molecule has 1 N–H and O–H groups in total. The van der Waals surface area contributed by atoms with Gasteiger partial charge in [0.15, 0.2) is 6.29 Å². The van der Waals surface area contributed by atoms with Gasteiger partial charge in [-0.3, -0.25) is 4.31 Å². The first-order valence-corrected chi connectivity index (χ1v) is 13.0. The van der Waals surface area contributed by atoms with Crippen molar-refractivity contribution in [3.63, 3.8) is 0 Å². The molecule has 0 saturated heterocycles. The zero-order valence-corrected chi connectivity index (χ0v) is 21.2. The molecule has 0 aliphatic heterocycles. The number of H-pyrrole nitrogens is 1. The minimum Gasteiger partial charge on any atom is -0.354 e. The van der Waals surface area contributed by atoms with Crippen LogP contribution in [0.15, 0.2) is 59.5 Å². The highest BCUT2D eigenvalue weighted by atomic mass is 32.2. The lowest BCUT2D eigenvalue weighted by molar-refractivity contribution is -0.128. The molecule has 1 aromatic heterocycles. The van der Waals surface area contributed by atoms with E-state index in [0.29, 0.717) is 18.9 Å². The van der Waals surface area contributed by atoms with Gasteiger partial charge in [0.05, 0.1) is 17.1 Å². The SMILES string of the molecule is CCOC(CN(c1cc(C)c2[nH]c3ccccc3c2c1C)S(=O)(=O)c1ccc(C)cc1)OCC. The van der Waals surface area contributed by atoms with Crippen LogP contribution < -0.4 is 4.31 Å². The fourth-order valence-electron chi connectivity index (χ4n) is 4.42. The van der Waals surface area contributed by atoms with E-state index < -0.39 is 16.3 Å². The number of hydrogen-bond acceptors (Lipinski definition) is 4. The second-order valence-electron chi connectivity index (χ2n) is 8.45. The molecule has 0 aliphatic carbocycles. The lowest BCUT2D eigenvalue weighted by atomic mass is 10.0. The number of aryl methyl sites for hydroxylation is 3. The van der Waals surface area contributed by atoms with E-state index in [2.05, 4.69) is 11.1 Å². The predicted octanol–water partition coefficient (Wildman–Crippen LogP) is 5.84. The molecule has 180 valence electrons. The molecule has 0 aliphatic rings. The van der Waals surface area contributed by atoms with Crippen LogP contribution in [0.5, 0.6) is 0 Å². The topological polar surface area (TPSA) is 71.6 Å². The van der Waals surface area contributed by atoms with E-state index in [0.717, 1.165) is 38.5 Å². The Balaban J connectivity index is 1.95. The van der Waals surface area contributed by atoms with Gasteiger partial charge in [0.1, 0.15) is 0 Å². The van der Waals surface area contributed by atoms with E-state index in [1.165, 1.54) is 4.31 Å². The van der Waals surface area contributed by atoms with Gasteiger partial charge < -0.3 is 14.5 Å². The normalized spacial score (nSPS) is 12.2. The van der Waals surface area contributed by atoms with Crippen LogP contribution in [0.25, 0.3) is 21.8 Å². The molecule has 34 heavy (non-hydrogen) atoms.